The van der Waals surface area contributed by atoms with Crippen LogP contribution < -0.4 is 16.0 Å². The number of hydrogen-bond donors (Lipinski definition) is 1. The van der Waals surface area contributed by atoms with E-state index in [1.54, 1.807) is 16.7 Å². The van der Waals surface area contributed by atoms with E-state index in [1.807, 2.05) is 0 Å². The molecule has 9 nitrogen and oxygen atoms in total. The number of likely N-dealkylation sites (tertiary alicyclic amines) is 1. The van der Waals surface area contributed by atoms with Gasteiger partial charge in [0.1, 0.15) is 11.7 Å². The molecule has 1 saturated heterocycles. The molecule has 2 bridgehead atoms. The summed E-state index contributed by atoms with van der Waals surface area (Å²) in [6.45, 7) is 0.838. The van der Waals surface area contributed by atoms with Crippen molar-refractivity contribution in [1.29, 1.82) is 0 Å². The zero-order chi connectivity index (χ0) is 19.1. The van der Waals surface area contributed by atoms with Gasteiger partial charge in [0.25, 0.3) is 17.4 Å². The molecule has 27 heavy (non-hydrogen) atoms. The monoisotopic (exact) mass is 370 g/mol. The van der Waals surface area contributed by atoms with Crippen molar-refractivity contribution >= 4 is 23.5 Å². The number of carboxylic acids is 1. The highest BCUT2D eigenvalue weighted by Gasteiger charge is 2.36. The fourth-order valence-electron chi connectivity index (χ4n) is 3.93. The summed E-state index contributed by atoms with van der Waals surface area (Å²) in [7, 11) is 0. The van der Waals surface area contributed by atoms with Crippen LogP contribution >= 0.6 is 0 Å². The molecule has 2 atom stereocenters. The molecular formula is C18H16N3O6-. The number of amides is 2. The minimum atomic E-state index is -1.72. The number of piperidine rings is 1. The first-order valence-electron chi connectivity index (χ1n) is 8.53. The van der Waals surface area contributed by atoms with Gasteiger partial charge >= 0.3 is 0 Å². The number of pyridine rings is 1. The molecule has 1 fully saturated rings. The van der Waals surface area contributed by atoms with Crippen LogP contribution in [0.4, 0.5) is 5.69 Å². The SMILES string of the molecule is O=C([O-])C(=O)N1C[C@@H]2C[C@H](C1)c1ccc(NC(=O)c3ccco3)c(=O)n1C2. The third-order valence-corrected chi connectivity index (χ3v) is 5.06. The number of hydrogen-bond acceptors (Lipinski definition) is 6. The Balaban J connectivity index is 1.60. The van der Waals surface area contributed by atoms with Crippen molar-refractivity contribution in [2.75, 3.05) is 18.4 Å². The molecule has 4 rings (SSSR count). The maximum Gasteiger partial charge on any atom is 0.291 e. The van der Waals surface area contributed by atoms with E-state index in [4.69, 9.17) is 4.42 Å². The molecule has 9 heteroatoms. The predicted octanol–water partition coefficient (Wildman–Crippen LogP) is -0.611. The van der Waals surface area contributed by atoms with E-state index in [2.05, 4.69) is 5.32 Å². The number of aromatic nitrogens is 1. The Bertz CT molecular complexity index is 977. The van der Waals surface area contributed by atoms with Crippen molar-refractivity contribution in [3.05, 3.63) is 52.3 Å². The van der Waals surface area contributed by atoms with Gasteiger partial charge in [0, 0.05) is 31.2 Å². The van der Waals surface area contributed by atoms with Gasteiger partial charge in [0.05, 0.1) is 6.26 Å². The average Bonchev–Trinajstić information content (AvgIpc) is 3.18. The Kier molecular flexibility index (Phi) is 4.06. The van der Waals surface area contributed by atoms with Gasteiger partial charge in [-0.25, -0.2) is 0 Å². The van der Waals surface area contributed by atoms with E-state index < -0.39 is 17.8 Å². The third-order valence-electron chi connectivity index (χ3n) is 5.06. The van der Waals surface area contributed by atoms with Crippen molar-refractivity contribution < 1.29 is 23.9 Å². The molecule has 0 saturated carbocycles. The Morgan fingerprint density at radius 3 is 2.67 bits per heavy atom. The van der Waals surface area contributed by atoms with Crippen molar-refractivity contribution in [3.8, 4) is 0 Å². The van der Waals surface area contributed by atoms with Gasteiger partial charge in [0.15, 0.2) is 5.76 Å². The van der Waals surface area contributed by atoms with Crippen molar-refractivity contribution in [3.63, 3.8) is 0 Å². The van der Waals surface area contributed by atoms with Crippen LogP contribution in [0, 0.1) is 5.92 Å². The van der Waals surface area contributed by atoms with E-state index in [1.165, 1.54) is 23.3 Å². The van der Waals surface area contributed by atoms with E-state index in [0.29, 0.717) is 6.54 Å². The molecule has 2 amide bonds. The fraction of sp³-hybridized carbons (Fsp3) is 0.333. The van der Waals surface area contributed by atoms with Crippen molar-refractivity contribution in [2.24, 2.45) is 5.92 Å². The minimum Gasteiger partial charge on any atom is -0.540 e. The number of carbonyl (C=O) groups is 3. The number of aliphatic carboxylic acids is 1. The van der Waals surface area contributed by atoms with Crippen LogP contribution in [0.15, 0.2) is 39.7 Å². The summed E-state index contributed by atoms with van der Waals surface area (Å²) >= 11 is 0. The van der Waals surface area contributed by atoms with Crippen LogP contribution in [0.5, 0.6) is 0 Å². The largest absolute Gasteiger partial charge is 0.540 e. The summed E-state index contributed by atoms with van der Waals surface area (Å²) < 4.78 is 6.62. The number of carboxylic acid groups (broad SMARTS) is 1. The van der Waals surface area contributed by atoms with Gasteiger partial charge in [0.2, 0.25) is 0 Å². The third kappa shape index (κ3) is 3.01. The molecule has 140 valence electrons. The van der Waals surface area contributed by atoms with Crippen molar-refractivity contribution in [1.82, 2.24) is 9.47 Å². The molecule has 0 aromatic carbocycles. The highest BCUT2D eigenvalue weighted by molar-refractivity contribution is 6.30. The van der Waals surface area contributed by atoms with Gasteiger partial charge < -0.3 is 29.1 Å². The van der Waals surface area contributed by atoms with E-state index >= 15 is 0 Å². The number of anilines is 1. The number of rotatable bonds is 2. The lowest BCUT2D eigenvalue weighted by Gasteiger charge is -2.42. The molecule has 2 aliphatic rings. The van der Waals surface area contributed by atoms with Gasteiger partial charge in [-0.15, -0.1) is 0 Å². The zero-order valence-corrected chi connectivity index (χ0v) is 14.2. The topological polar surface area (TPSA) is 125 Å². The van der Waals surface area contributed by atoms with Crippen molar-refractivity contribution in [2.45, 2.75) is 18.9 Å². The Hall–Kier alpha value is -3.36. The Morgan fingerprint density at radius 1 is 1.15 bits per heavy atom. The average molecular weight is 370 g/mol. The number of nitrogens with one attached hydrogen (secondary N) is 1. The summed E-state index contributed by atoms with van der Waals surface area (Å²) in [4.78, 5) is 48.8. The number of fused-ring (bicyclic) bond motifs is 4. The first-order valence-corrected chi connectivity index (χ1v) is 8.53. The minimum absolute atomic E-state index is 0.0340. The summed E-state index contributed by atoms with van der Waals surface area (Å²) in [5.74, 6) is -3.33. The molecule has 0 aliphatic carbocycles. The molecule has 1 N–H and O–H groups in total. The van der Waals surface area contributed by atoms with Crippen LogP contribution in [0.1, 0.15) is 28.6 Å². The second-order valence-corrected chi connectivity index (χ2v) is 6.82. The number of carbonyl (C=O) groups excluding carboxylic acids is 3. The van der Waals surface area contributed by atoms with E-state index in [0.717, 1.165) is 12.1 Å². The molecule has 0 radical (unpaired) electrons. The summed E-state index contributed by atoms with van der Waals surface area (Å²) in [6.07, 6.45) is 2.14. The van der Waals surface area contributed by atoms with Gasteiger partial charge in [-0.3, -0.25) is 14.4 Å². The van der Waals surface area contributed by atoms with E-state index in [9.17, 15) is 24.3 Å². The maximum absolute atomic E-state index is 12.8. The maximum atomic E-state index is 12.8. The highest BCUT2D eigenvalue weighted by atomic mass is 16.4. The standard InChI is InChI=1S/C18H17N3O6/c22-15(14-2-1-5-27-14)19-12-3-4-13-11-6-10(8-21(13)16(12)23)7-20(9-11)17(24)18(25)26/h1-5,10-11H,6-9H2,(H,19,22)(H,25,26)/p-1/t10-,11+/m0/s1. The quantitative estimate of drug-likeness (QED) is 0.703. The van der Waals surface area contributed by atoms with E-state index in [-0.39, 0.29) is 41.9 Å². The smallest absolute Gasteiger partial charge is 0.291 e. The lowest BCUT2D eigenvalue weighted by Crippen LogP contribution is -2.53. The van der Waals surface area contributed by atoms with Crippen LogP contribution in [0.2, 0.25) is 0 Å². The molecular weight excluding hydrogens is 354 g/mol. The second-order valence-electron chi connectivity index (χ2n) is 6.82. The molecule has 2 aromatic rings. The summed E-state index contributed by atoms with van der Waals surface area (Å²) in [6, 6.07) is 6.33. The number of furan rings is 1. The van der Waals surface area contributed by atoms with Crippen LogP contribution in [0.3, 0.4) is 0 Å². The summed E-state index contributed by atoms with van der Waals surface area (Å²) in [5, 5.41) is 13.4. The molecule has 0 unspecified atom stereocenters. The van der Waals surface area contributed by atoms with Crippen LogP contribution in [-0.4, -0.2) is 40.3 Å². The lowest BCUT2D eigenvalue weighted by atomic mass is 9.83. The van der Waals surface area contributed by atoms with Crippen LogP contribution in [0.25, 0.3) is 0 Å². The lowest BCUT2D eigenvalue weighted by molar-refractivity contribution is -0.302. The molecule has 2 aromatic heterocycles. The molecule has 2 aliphatic heterocycles. The normalized spacial score (nSPS) is 20.7. The molecule has 4 heterocycles. The molecule has 0 spiro atoms. The van der Waals surface area contributed by atoms with Gasteiger partial charge in [-0.2, -0.15) is 0 Å². The number of nitrogens with zero attached hydrogens (tertiary/aromatic N) is 2. The Labute approximate surface area is 153 Å². The van der Waals surface area contributed by atoms with Gasteiger partial charge in [-0.05, 0) is 36.6 Å². The zero-order valence-electron chi connectivity index (χ0n) is 14.2. The second kappa shape index (κ2) is 6.42. The first-order chi connectivity index (χ1) is 12.9. The highest BCUT2D eigenvalue weighted by Crippen LogP contribution is 2.35. The fourth-order valence-corrected chi connectivity index (χ4v) is 3.93. The predicted molar refractivity (Wildman–Crippen MR) is 89.8 cm³/mol. The van der Waals surface area contributed by atoms with Crippen LogP contribution in [-0.2, 0) is 16.1 Å². The Morgan fingerprint density at radius 2 is 1.96 bits per heavy atom. The first kappa shape index (κ1) is 17.1. The van der Waals surface area contributed by atoms with Gasteiger partial charge in [-0.1, -0.05) is 0 Å². The summed E-state index contributed by atoms with van der Waals surface area (Å²) in [5.41, 5.74) is 0.535.